The molecule has 1 fully saturated rings. The third kappa shape index (κ3) is 8.90. The van der Waals surface area contributed by atoms with Crippen LogP contribution in [0.15, 0.2) is 30.3 Å². The van der Waals surface area contributed by atoms with Crippen LogP contribution in [0, 0.1) is 0 Å². The molecule has 4 nitrogen and oxygen atoms in total. The molecule has 1 aliphatic carbocycles. The summed E-state index contributed by atoms with van der Waals surface area (Å²) in [4.78, 5) is 0. The van der Waals surface area contributed by atoms with Crippen LogP contribution < -0.4 is 0 Å². The van der Waals surface area contributed by atoms with Gasteiger partial charge in [0.05, 0.1) is 31.0 Å². The van der Waals surface area contributed by atoms with Crippen LogP contribution in [0.1, 0.15) is 59.9 Å². The van der Waals surface area contributed by atoms with E-state index in [9.17, 15) is 0 Å². The molecule has 0 bridgehead atoms. The van der Waals surface area contributed by atoms with Gasteiger partial charge >= 0.3 is 0 Å². The molecule has 35 heavy (non-hydrogen) atoms. The fraction of sp³-hybridized carbons (Fsp3) is 0.786. The van der Waals surface area contributed by atoms with E-state index in [-0.39, 0.29) is 34.5 Å². The largest absolute Gasteiger partial charge is 0.411 e. The molecule has 0 heterocycles. The second kappa shape index (κ2) is 11.2. The highest BCUT2D eigenvalue weighted by Crippen LogP contribution is 2.43. The summed E-state index contributed by atoms with van der Waals surface area (Å²) in [5.41, 5.74) is 1.21. The monoisotopic (exact) mass is 538 g/mol. The van der Waals surface area contributed by atoms with Crippen LogP contribution in [0.5, 0.6) is 0 Å². The minimum absolute atomic E-state index is 0.0214. The maximum absolute atomic E-state index is 7.11. The van der Waals surface area contributed by atoms with Crippen molar-refractivity contribution in [3.8, 4) is 0 Å². The molecule has 0 unspecified atom stereocenters. The molecule has 2 rings (SSSR count). The summed E-state index contributed by atoms with van der Waals surface area (Å²) in [7, 11) is -5.86. The molecule has 7 heteroatoms. The van der Waals surface area contributed by atoms with Crippen molar-refractivity contribution in [2.45, 2.75) is 141 Å². The van der Waals surface area contributed by atoms with Gasteiger partial charge in [0.25, 0.3) is 0 Å². The standard InChI is InChI=1S/C28H54O4Si3/c1-27(2,3)34(10,11)30-24-19-23(29-21-22-17-15-14-16-18-22)20-25(26(24)32-33(7,8)9)31-35(12,13)28(4,5)6/h14-18,23-26H,19-21H2,1-13H3/t23?,24-,25-,26?/m1/s1. The van der Waals surface area contributed by atoms with Crippen LogP contribution >= 0.6 is 0 Å². The van der Waals surface area contributed by atoms with Crippen molar-refractivity contribution in [2.24, 2.45) is 0 Å². The van der Waals surface area contributed by atoms with E-state index in [4.69, 9.17) is 18.0 Å². The highest BCUT2D eigenvalue weighted by Gasteiger charge is 2.50. The van der Waals surface area contributed by atoms with E-state index >= 15 is 0 Å². The lowest BCUT2D eigenvalue weighted by Gasteiger charge is -2.50. The second-order valence-electron chi connectivity index (χ2n) is 14.4. The van der Waals surface area contributed by atoms with Crippen LogP contribution in [-0.4, -0.2) is 49.4 Å². The summed E-state index contributed by atoms with van der Waals surface area (Å²) in [5, 5.41) is 0.259. The van der Waals surface area contributed by atoms with Crippen molar-refractivity contribution >= 4 is 25.0 Å². The van der Waals surface area contributed by atoms with E-state index in [2.05, 4.69) is 118 Å². The summed E-state index contributed by atoms with van der Waals surface area (Å²) in [6.45, 7) is 30.7. The Morgan fingerprint density at radius 1 is 0.686 bits per heavy atom. The predicted octanol–water partition coefficient (Wildman–Crippen LogP) is 8.37. The van der Waals surface area contributed by atoms with E-state index in [1.165, 1.54) is 5.56 Å². The van der Waals surface area contributed by atoms with Crippen LogP contribution in [-0.2, 0) is 24.6 Å². The van der Waals surface area contributed by atoms with Crippen LogP contribution in [0.25, 0.3) is 0 Å². The molecule has 1 aromatic rings. The van der Waals surface area contributed by atoms with Crippen LogP contribution in [0.4, 0.5) is 0 Å². The number of rotatable bonds is 9. The maximum Gasteiger partial charge on any atom is 0.192 e. The zero-order valence-electron chi connectivity index (χ0n) is 25.0. The molecule has 0 N–H and O–H groups in total. The van der Waals surface area contributed by atoms with Gasteiger partial charge in [0.2, 0.25) is 0 Å². The maximum atomic E-state index is 7.11. The molecule has 0 aliphatic heterocycles. The van der Waals surface area contributed by atoms with Gasteiger partial charge in [-0.05, 0) is 61.5 Å². The average molecular weight is 539 g/mol. The number of hydrogen-bond donors (Lipinski definition) is 0. The summed E-state index contributed by atoms with van der Waals surface area (Å²) in [6.07, 6.45) is 1.69. The first kappa shape index (κ1) is 30.9. The normalized spacial score (nSPS) is 25.1. The van der Waals surface area contributed by atoms with Crippen molar-refractivity contribution in [1.29, 1.82) is 0 Å². The van der Waals surface area contributed by atoms with Gasteiger partial charge in [0.15, 0.2) is 25.0 Å². The summed E-state index contributed by atoms with van der Waals surface area (Å²) in [5.74, 6) is 0. The minimum Gasteiger partial charge on any atom is -0.411 e. The Bertz CT molecular complexity index is 753. The van der Waals surface area contributed by atoms with Crippen LogP contribution in [0.3, 0.4) is 0 Å². The minimum atomic E-state index is -2.02. The lowest BCUT2D eigenvalue weighted by Crippen LogP contribution is -2.60. The topological polar surface area (TPSA) is 36.9 Å². The number of ether oxygens (including phenoxy) is 1. The van der Waals surface area contributed by atoms with E-state index in [1.54, 1.807) is 0 Å². The van der Waals surface area contributed by atoms with E-state index in [0.29, 0.717) is 6.61 Å². The molecule has 0 radical (unpaired) electrons. The lowest BCUT2D eigenvalue weighted by atomic mass is 9.90. The average Bonchev–Trinajstić information content (AvgIpc) is 2.66. The Morgan fingerprint density at radius 3 is 1.49 bits per heavy atom. The number of hydrogen-bond acceptors (Lipinski definition) is 4. The van der Waals surface area contributed by atoms with Crippen molar-refractivity contribution < 1.29 is 18.0 Å². The Hall–Kier alpha value is -0.289. The molecule has 2 atom stereocenters. The van der Waals surface area contributed by atoms with Crippen molar-refractivity contribution in [1.82, 2.24) is 0 Å². The first-order chi connectivity index (χ1) is 15.7. The van der Waals surface area contributed by atoms with Gasteiger partial charge in [-0.2, -0.15) is 0 Å². The van der Waals surface area contributed by atoms with E-state index in [1.807, 2.05) is 0 Å². The Balaban J connectivity index is 2.40. The molecule has 1 aliphatic rings. The Morgan fingerprint density at radius 2 is 1.11 bits per heavy atom. The zero-order chi connectivity index (χ0) is 26.9. The van der Waals surface area contributed by atoms with Crippen molar-refractivity contribution in [2.75, 3.05) is 0 Å². The highest BCUT2D eigenvalue weighted by atomic mass is 28.4. The van der Waals surface area contributed by atoms with Crippen molar-refractivity contribution in [3.63, 3.8) is 0 Å². The summed E-state index contributed by atoms with van der Waals surface area (Å²) in [6, 6.07) is 10.5. The van der Waals surface area contributed by atoms with Crippen molar-refractivity contribution in [3.05, 3.63) is 35.9 Å². The fourth-order valence-corrected chi connectivity index (χ4v) is 7.75. The van der Waals surface area contributed by atoms with Gasteiger partial charge in [-0.25, -0.2) is 0 Å². The molecule has 0 saturated heterocycles. The first-order valence-electron chi connectivity index (χ1n) is 13.4. The molecular formula is C28H54O4Si3. The molecular weight excluding hydrogens is 485 g/mol. The third-order valence-corrected chi connectivity index (χ3v) is 18.0. The molecule has 1 aromatic carbocycles. The highest BCUT2D eigenvalue weighted by molar-refractivity contribution is 6.74. The van der Waals surface area contributed by atoms with Gasteiger partial charge in [-0.3, -0.25) is 0 Å². The van der Waals surface area contributed by atoms with Crippen LogP contribution in [0.2, 0.25) is 55.9 Å². The quantitative estimate of drug-likeness (QED) is 0.296. The van der Waals surface area contributed by atoms with Gasteiger partial charge in [0, 0.05) is 12.8 Å². The molecule has 0 amide bonds. The zero-order valence-corrected chi connectivity index (χ0v) is 28.0. The fourth-order valence-electron chi connectivity index (χ4n) is 3.95. The summed E-state index contributed by atoms with van der Waals surface area (Å²) >= 11 is 0. The Labute approximate surface area is 219 Å². The number of benzene rings is 1. The second-order valence-corrected chi connectivity index (χ2v) is 28.4. The first-order valence-corrected chi connectivity index (χ1v) is 22.6. The molecule has 0 aromatic heterocycles. The summed E-state index contributed by atoms with van der Waals surface area (Å²) < 4.78 is 27.7. The molecule has 0 spiro atoms. The Kier molecular flexibility index (Phi) is 9.91. The molecule has 1 saturated carbocycles. The third-order valence-electron chi connectivity index (χ3n) is 8.05. The lowest BCUT2D eigenvalue weighted by molar-refractivity contribution is -0.118. The van der Waals surface area contributed by atoms with Gasteiger partial charge in [0.1, 0.15) is 0 Å². The SMILES string of the molecule is CC(C)(C)[Si](C)(C)O[C@@H]1CC(OCc2ccccc2)C[C@@H](O[Si](C)(C)C(C)(C)C)C1O[Si](C)(C)C. The predicted molar refractivity (Wildman–Crippen MR) is 157 cm³/mol. The van der Waals surface area contributed by atoms with Gasteiger partial charge < -0.3 is 18.0 Å². The molecule has 202 valence electrons. The van der Waals surface area contributed by atoms with Gasteiger partial charge in [-0.1, -0.05) is 71.9 Å². The van der Waals surface area contributed by atoms with E-state index in [0.717, 1.165) is 12.8 Å². The van der Waals surface area contributed by atoms with Gasteiger partial charge in [-0.15, -0.1) is 0 Å². The smallest absolute Gasteiger partial charge is 0.192 e. The van der Waals surface area contributed by atoms with E-state index < -0.39 is 25.0 Å².